The molecule has 2 aromatic heterocycles. The first kappa shape index (κ1) is 48.0. The molecule has 0 radical (unpaired) electrons. The van der Waals surface area contributed by atoms with Crippen LogP contribution in [-0.2, 0) is 40.0 Å². The minimum absolute atomic E-state index is 0.0310. The topological polar surface area (TPSA) is 155 Å². The zero-order valence-corrected chi connectivity index (χ0v) is 40.0. The SMILES string of the molecule is COc1cc2c(Cc3ccc4c(c3F)C=C(C)C4)ncnc2cc1OCCCC(=O)N1CCC2(CC1)COC2.COc1cc2c(Cc3ccc4c(c3F)C=C(C)C4)ncnc2cc1OCCCC(=O)O. The molecule has 1 amide bonds. The summed E-state index contributed by atoms with van der Waals surface area (Å²) in [5, 5.41) is 10.3. The lowest BCUT2D eigenvalue weighted by Crippen LogP contribution is -2.52. The lowest BCUT2D eigenvalue weighted by atomic mass is 9.77. The van der Waals surface area contributed by atoms with Crippen molar-refractivity contribution in [2.24, 2.45) is 5.41 Å². The van der Waals surface area contributed by atoms with E-state index in [1.165, 1.54) is 25.3 Å². The summed E-state index contributed by atoms with van der Waals surface area (Å²) in [6.45, 7) is 7.98. The van der Waals surface area contributed by atoms with Gasteiger partial charge in [-0.15, -0.1) is 0 Å². The molecule has 4 aliphatic rings. The minimum atomic E-state index is -0.865. The summed E-state index contributed by atoms with van der Waals surface area (Å²) in [7, 11) is 3.12. The van der Waals surface area contributed by atoms with E-state index in [2.05, 4.69) is 19.9 Å². The zero-order chi connectivity index (χ0) is 48.9. The van der Waals surface area contributed by atoms with E-state index in [0.717, 1.165) is 85.2 Å². The van der Waals surface area contributed by atoms with Crippen LogP contribution < -0.4 is 18.9 Å². The number of ether oxygens (including phenoxy) is 5. The van der Waals surface area contributed by atoms with Crippen LogP contribution in [0.5, 0.6) is 23.0 Å². The highest BCUT2D eigenvalue weighted by Crippen LogP contribution is 2.40. The molecule has 2 aliphatic carbocycles. The Kier molecular flexibility index (Phi) is 14.4. The van der Waals surface area contributed by atoms with Gasteiger partial charge in [-0.3, -0.25) is 9.59 Å². The normalized spacial score (nSPS) is 15.4. The molecule has 0 saturated carbocycles. The van der Waals surface area contributed by atoms with Crippen molar-refractivity contribution in [1.82, 2.24) is 24.8 Å². The van der Waals surface area contributed by atoms with Crippen LogP contribution in [0.15, 0.2) is 72.3 Å². The highest BCUT2D eigenvalue weighted by Gasteiger charge is 2.41. The van der Waals surface area contributed by atoms with Gasteiger partial charge in [-0.25, -0.2) is 28.7 Å². The average Bonchev–Trinajstić information content (AvgIpc) is 3.94. The van der Waals surface area contributed by atoms with E-state index in [4.69, 9.17) is 28.8 Å². The molecule has 10 rings (SSSR count). The number of piperidine rings is 1. The molecular formula is C55H57F2N5O8. The van der Waals surface area contributed by atoms with E-state index in [1.807, 2.05) is 67.3 Å². The Labute approximate surface area is 405 Å². The smallest absolute Gasteiger partial charge is 0.303 e. The second-order valence-electron chi connectivity index (χ2n) is 18.8. The molecule has 6 aromatic rings. The quantitative estimate of drug-likeness (QED) is 0.0919. The lowest BCUT2D eigenvalue weighted by Gasteiger charge is -2.47. The van der Waals surface area contributed by atoms with E-state index in [9.17, 15) is 9.59 Å². The van der Waals surface area contributed by atoms with Gasteiger partial charge in [0.25, 0.3) is 0 Å². The van der Waals surface area contributed by atoms with E-state index in [0.29, 0.717) is 106 Å². The molecule has 13 nitrogen and oxygen atoms in total. The minimum Gasteiger partial charge on any atom is -0.493 e. The van der Waals surface area contributed by atoms with Gasteiger partial charge in [-0.05, 0) is 86.8 Å². The number of amides is 1. The molecule has 2 saturated heterocycles. The van der Waals surface area contributed by atoms with Crippen molar-refractivity contribution < 1.29 is 47.2 Å². The van der Waals surface area contributed by atoms with Crippen LogP contribution in [0.4, 0.5) is 8.78 Å². The summed E-state index contributed by atoms with van der Waals surface area (Å²) in [5.41, 5.74) is 9.99. The summed E-state index contributed by atoms with van der Waals surface area (Å²) >= 11 is 0. The second-order valence-corrected chi connectivity index (χ2v) is 18.8. The number of aromatic nitrogens is 4. The summed E-state index contributed by atoms with van der Waals surface area (Å²) in [6, 6.07) is 14.9. The van der Waals surface area contributed by atoms with Gasteiger partial charge in [-0.2, -0.15) is 0 Å². The Bertz CT molecular complexity index is 3030. The number of aliphatic carboxylic acids is 1. The number of halogens is 2. The Hall–Kier alpha value is -7.00. The number of hydrogen-bond donors (Lipinski definition) is 1. The highest BCUT2D eigenvalue weighted by atomic mass is 19.1. The van der Waals surface area contributed by atoms with Gasteiger partial charge in [0.15, 0.2) is 23.0 Å². The number of carbonyl (C=O) groups excluding carboxylic acids is 1. The van der Waals surface area contributed by atoms with Crippen LogP contribution in [-0.4, -0.2) is 95.6 Å². The molecule has 4 aromatic carbocycles. The van der Waals surface area contributed by atoms with Crippen LogP contribution in [0.25, 0.3) is 34.0 Å². The van der Waals surface area contributed by atoms with Crippen molar-refractivity contribution in [3.8, 4) is 23.0 Å². The number of carboxylic acid groups (broad SMARTS) is 1. The number of nitrogens with zero attached hydrogens (tertiary/aromatic N) is 5. The van der Waals surface area contributed by atoms with Crippen LogP contribution in [0, 0.1) is 17.0 Å². The van der Waals surface area contributed by atoms with Gasteiger partial charge in [0, 0.05) is 78.2 Å². The van der Waals surface area contributed by atoms with E-state index in [-0.39, 0.29) is 30.6 Å². The number of methoxy groups -OCH3 is 2. The zero-order valence-electron chi connectivity index (χ0n) is 40.0. The molecule has 1 N–H and O–H groups in total. The molecule has 0 atom stereocenters. The van der Waals surface area contributed by atoms with Gasteiger partial charge in [0.05, 0.1) is 63.1 Å². The lowest BCUT2D eigenvalue weighted by molar-refractivity contribution is -0.153. The number of rotatable bonds is 16. The predicted molar refractivity (Wildman–Crippen MR) is 261 cm³/mol. The molecule has 1 spiro atoms. The highest BCUT2D eigenvalue weighted by molar-refractivity contribution is 5.86. The van der Waals surface area contributed by atoms with Gasteiger partial charge in [-0.1, -0.05) is 47.6 Å². The molecule has 15 heteroatoms. The maximum Gasteiger partial charge on any atom is 0.303 e. The fraction of sp³-hybridized carbons (Fsp3) is 0.382. The molecule has 364 valence electrons. The third kappa shape index (κ3) is 10.4. The second kappa shape index (κ2) is 20.9. The van der Waals surface area contributed by atoms with Gasteiger partial charge in [0.2, 0.25) is 5.91 Å². The molecular weight excluding hydrogens is 897 g/mol. The molecule has 2 fully saturated rings. The number of hydrogen-bond acceptors (Lipinski definition) is 11. The molecule has 0 bridgehead atoms. The van der Waals surface area contributed by atoms with Crippen LogP contribution >= 0.6 is 0 Å². The van der Waals surface area contributed by atoms with Gasteiger partial charge >= 0.3 is 5.97 Å². The summed E-state index contributed by atoms with van der Waals surface area (Å²) < 4.78 is 58.6. The molecule has 70 heavy (non-hydrogen) atoms. The Morgan fingerprint density at radius 2 is 1.17 bits per heavy atom. The molecule has 0 unspecified atom stereocenters. The first-order chi connectivity index (χ1) is 33.9. The van der Waals surface area contributed by atoms with Gasteiger partial charge in [0.1, 0.15) is 24.3 Å². The average molecular weight is 954 g/mol. The monoisotopic (exact) mass is 953 g/mol. The van der Waals surface area contributed by atoms with E-state index in [1.54, 1.807) is 19.2 Å². The predicted octanol–water partition coefficient (Wildman–Crippen LogP) is 9.70. The molecule has 2 aliphatic heterocycles. The van der Waals surface area contributed by atoms with Crippen molar-refractivity contribution in [3.05, 3.63) is 129 Å². The van der Waals surface area contributed by atoms with Crippen molar-refractivity contribution >= 4 is 45.8 Å². The Morgan fingerprint density at radius 1 is 0.686 bits per heavy atom. The summed E-state index contributed by atoms with van der Waals surface area (Å²) in [4.78, 5) is 43.0. The largest absolute Gasteiger partial charge is 0.493 e. The first-order valence-electron chi connectivity index (χ1n) is 23.8. The van der Waals surface area contributed by atoms with Crippen molar-refractivity contribution in [2.75, 3.05) is 53.7 Å². The van der Waals surface area contributed by atoms with Crippen LogP contribution in [0.2, 0.25) is 0 Å². The number of fused-ring (bicyclic) bond motifs is 4. The van der Waals surface area contributed by atoms with Gasteiger partial charge < -0.3 is 33.7 Å². The fourth-order valence-electron chi connectivity index (χ4n) is 9.75. The standard InChI is InChI=1S/C31H34FN3O4.C24H23FN2O4/c1-20-12-21-5-6-22(30(32)23(21)13-20)14-25-24-15-27(37-2)28(16-26(24)34-19-33-25)39-11-3-4-29(36)35-9-7-31(8-10-35)17-38-18-31;1-14-8-15-5-6-16(24(25)17(15)9-14)10-19-18-11-21(30-2)22(12-20(18)27-13-26-19)31-7-3-4-23(28)29/h5-6,13,15-16,19H,3-4,7-12,14,17-18H2,1-2H3;5-6,9,11-13H,3-4,7-8,10H2,1-2H3,(H,28,29). The summed E-state index contributed by atoms with van der Waals surface area (Å²) in [5.74, 6) is 1.03. The van der Waals surface area contributed by atoms with E-state index >= 15 is 8.78 Å². The number of allylic oxidation sites excluding steroid dienone is 2. The van der Waals surface area contributed by atoms with E-state index < -0.39 is 5.97 Å². The molecule has 4 heterocycles. The fourth-order valence-corrected chi connectivity index (χ4v) is 9.75. The van der Waals surface area contributed by atoms with Crippen molar-refractivity contribution in [2.45, 2.75) is 78.1 Å². The van der Waals surface area contributed by atoms with Crippen molar-refractivity contribution in [3.63, 3.8) is 0 Å². The first-order valence-corrected chi connectivity index (χ1v) is 23.8. The van der Waals surface area contributed by atoms with Crippen LogP contribution in [0.1, 0.15) is 97.1 Å². The number of carboxylic acids is 1. The maximum absolute atomic E-state index is 15.3. The number of benzene rings is 4. The third-order valence-corrected chi connectivity index (χ3v) is 13.7. The maximum atomic E-state index is 15.3. The Morgan fingerprint density at radius 3 is 1.61 bits per heavy atom. The third-order valence-electron chi connectivity index (χ3n) is 13.7. The Balaban J connectivity index is 0.000000179. The summed E-state index contributed by atoms with van der Waals surface area (Å²) in [6.07, 6.45) is 12.6. The van der Waals surface area contributed by atoms with Crippen molar-refractivity contribution in [1.29, 1.82) is 0 Å². The number of likely N-dealkylation sites (tertiary alicyclic amines) is 1. The van der Waals surface area contributed by atoms with Crippen LogP contribution in [0.3, 0.4) is 0 Å². The number of carbonyl (C=O) groups is 2.